The van der Waals surface area contributed by atoms with Crippen LogP contribution in [0.1, 0.15) is 18.7 Å². The lowest BCUT2D eigenvalue weighted by molar-refractivity contribution is 0.115. The summed E-state index contributed by atoms with van der Waals surface area (Å²) in [6.45, 7) is 5.20. The molecule has 0 fully saturated rings. The number of nitrogens with one attached hydrogen (secondary N) is 1. The lowest BCUT2D eigenvalue weighted by Gasteiger charge is -2.16. The van der Waals surface area contributed by atoms with E-state index < -0.39 is 0 Å². The summed E-state index contributed by atoms with van der Waals surface area (Å²) in [5.74, 6) is 0. The molecular weight excluding hydrogens is 194 g/mol. The third-order valence-electron chi connectivity index (χ3n) is 2.24. The van der Waals surface area contributed by atoms with Crippen LogP contribution >= 0.6 is 11.3 Å². The summed E-state index contributed by atoms with van der Waals surface area (Å²) in [5.41, 5.74) is 0. The minimum absolute atomic E-state index is 0.292. The maximum Gasteiger partial charge on any atom is 0.0667 e. The molecule has 3 heteroatoms. The van der Waals surface area contributed by atoms with Gasteiger partial charge in [-0.2, -0.15) is 0 Å². The highest BCUT2D eigenvalue weighted by molar-refractivity contribution is 7.09. The fraction of sp³-hybridized carbons (Fsp3) is 0.636. The molecule has 0 aliphatic carbocycles. The van der Waals surface area contributed by atoms with E-state index in [0.717, 1.165) is 13.0 Å². The number of ether oxygens (including phenoxy) is 1. The zero-order chi connectivity index (χ0) is 10.4. The molecule has 0 amide bonds. The van der Waals surface area contributed by atoms with Gasteiger partial charge in [0.15, 0.2) is 0 Å². The van der Waals surface area contributed by atoms with Crippen LogP contribution in [0.15, 0.2) is 17.5 Å². The third kappa shape index (κ3) is 4.22. The summed E-state index contributed by atoms with van der Waals surface area (Å²) in [7, 11) is 1.75. The molecule has 0 spiro atoms. The van der Waals surface area contributed by atoms with Gasteiger partial charge < -0.3 is 10.1 Å². The van der Waals surface area contributed by atoms with Crippen molar-refractivity contribution in [3.8, 4) is 0 Å². The Morgan fingerprint density at radius 3 is 2.86 bits per heavy atom. The highest BCUT2D eigenvalue weighted by Crippen LogP contribution is 2.10. The highest BCUT2D eigenvalue weighted by atomic mass is 32.1. The smallest absolute Gasteiger partial charge is 0.0667 e. The van der Waals surface area contributed by atoms with E-state index in [1.54, 1.807) is 7.11 Å². The first-order valence-corrected chi connectivity index (χ1v) is 5.89. The molecule has 0 aliphatic heterocycles. The maximum atomic E-state index is 5.18. The number of methoxy groups -OCH3 is 1. The van der Waals surface area contributed by atoms with Crippen molar-refractivity contribution in [1.82, 2.24) is 5.32 Å². The van der Waals surface area contributed by atoms with E-state index in [1.165, 1.54) is 4.88 Å². The molecule has 1 heterocycles. The van der Waals surface area contributed by atoms with Crippen LogP contribution in [-0.2, 0) is 11.2 Å². The SMILES string of the molecule is COC(C)CNC(C)Cc1cccs1. The molecule has 1 rings (SSSR count). The second kappa shape index (κ2) is 6.17. The van der Waals surface area contributed by atoms with E-state index in [4.69, 9.17) is 4.74 Å². The molecule has 2 atom stereocenters. The normalized spacial score (nSPS) is 15.4. The average molecular weight is 213 g/mol. The topological polar surface area (TPSA) is 21.3 Å². The van der Waals surface area contributed by atoms with E-state index in [0.29, 0.717) is 12.1 Å². The number of rotatable bonds is 6. The first kappa shape index (κ1) is 11.7. The van der Waals surface area contributed by atoms with Crippen LogP contribution in [0.5, 0.6) is 0 Å². The number of hydrogen-bond acceptors (Lipinski definition) is 3. The van der Waals surface area contributed by atoms with Gasteiger partial charge >= 0.3 is 0 Å². The monoisotopic (exact) mass is 213 g/mol. The summed E-state index contributed by atoms with van der Waals surface area (Å²) in [6, 6.07) is 4.80. The predicted octanol–water partition coefficient (Wildman–Crippen LogP) is 2.30. The van der Waals surface area contributed by atoms with Crippen LogP contribution in [0.25, 0.3) is 0 Å². The fourth-order valence-electron chi connectivity index (χ4n) is 1.25. The van der Waals surface area contributed by atoms with Crippen molar-refractivity contribution in [3.05, 3.63) is 22.4 Å². The van der Waals surface area contributed by atoms with Crippen molar-refractivity contribution in [1.29, 1.82) is 0 Å². The second-order valence-electron chi connectivity index (χ2n) is 3.64. The van der Waals surface area contributed by atoms with E-state index >= 15 is 0 Å². The van der Waals surface area contributed by atoms with Crippen LogP contribution in [0.2, 0.25) is 0 Å². The predicted molar refractivity (Wildman–Crippen MR) is 62.0 cm³/mol. The molecule has 0 saturated carbocycles. The fourth-order valence-corrected chi connectivity index (χ4v) is 2.09. The van der Waals surface area contributed by atoms with Crippen molar-refractivity contribution in [2.75, 3.05) is 13.7 Å². The lowest BCUT2D eigenvalue weighted by atomic mass is 10.2. The van der Waals surface area contributed by atoms with Crippen LogP contribution in [-0.4, -0.2) is 25.8 Å². The van der Waals surface area contributed by atoms with E-state index in [9.17, 15) is 0 Å². The van der Waals surface area contributed by atoms with Crippen LogP contribution in [0, 0.1) is 0 Å². The molecule has 1 aromatic heterocycles. The van der Waals surface area contributed by atoms with Crippen molar-refractivity contribution in [3.63, 3.8) is 0 Å². The first-order valence-electron chi connectivity index (χ1n) is 5.01. The summed E-state index contributed by atoms with van der Waals surface area (Å²) < 4.78 is 5.18. The van der Waals surface area contributed by atoms with Gasteiger partial charge in [0.25, 0.3) is 0 Å². The zero-order valence-corrected chi connectivity index (χ0v) is 9.93. The zero-order valence-electron chi connectivity index (χ0n) is 9.12. The van der Waals surface area contributed by atoms with Gasteiger partial charge in [0.05, 0.1) is 6.10 Å². The lowest BCUT2D eigenvalue weighted by Crippen LogP contribution is -2.34. The Morgan fingerprint density at radius 2 is 2.29 bits per heavy atom. The molecule has 2 nitrogen and oxygen atoms in total. The van der Waals surface area contributed by atoms with E-state index in [-0.39, 0.29) is 0 Å². The Kier molecular flexibility index (Phi) is 5.15. The second-order valence-corrected chi connectivity index (χ2v) is 4.67. The molecule has 0 saturated heterocycles. The summed E-state index contributed by atoms with van der Waals surface area (Å²) in [6.07, 6.45) is 1.40. The summed E-state index contributed by atoms with van der Waals surface area (Å²) in [5, 5.41) is 5.58. The van der Waals surface area contributed by atoms with Crippen molar-refractivity contribution in [2.24, 2.45) is 0 Å². The van der Waals surface area contributed by atoms with Crippen LogP contribution < -0.4 is 5.32 Å². The molecule has 1 aromatic rings. The van der Waals surface area contributed by atoms with Gasteiger partial charge in [0, 0.05) is 24.6 Å². The third-order valence-corrected chi connectivity index (χ3v) is 3.14. The average Bonchev–Trinajstić information content (AvgIpc) is 2.66. The Labute approximate surface area is 90.3 Å². The molecule has 80 valence electrons. The quantitative estimate of drug-likeness (QED) is 0.783. The summed E-state index contributed by atoms with van der Waals surface area (Å²) >= 11 is 1.82. The molecule has 0 bridgehead atoms. The van der Waals surface area contributed by atoms with Crippen molar-refractivity contribution < 1.29 is 4.74 Å². The van der Waals surface area contributed by atoms with Gasteiger partial charge in [0.1, 0.15) is 0 Å². The van der Waals surface area contributed by atoms with E-state index in [1.807, 2.05) is 11.3 Å². The van der Waals surface area contributed by atoms with Gasteiger partial charge in [-0.05, 0) is 31.7 Å². The van der Waals surface area contributed by atoms with Gasteiger partial charge in [-0.25, -0.2) is 0 Å². The van der Waals surface area contributed by atoms with Crippen molar-refractivity contribution >= 4 is 11.3 Å². The number of hydrogen-bond donors (Lipinski definition) is 1. The maximum absolute atomic E-state index is 5.18. The van der Waals surface area contributed by atoms with Crippen LogP contribution in [0.3, 0.4) is 0 Å². The van der Waals surface area contributed by atoms with Gasteiger partial charge in [-0.3, -0.25) is 0 Å². The Hall–Kier alpha value is -0.380. The molecule has 0 aromatic carbocycles. The van der Waals surface area contributed by atoms with Gasteiger partial charge in [-0.15, -0.1) is 11.3 Å². The Bertz CT molecular complexity index is 235. The molecule has 0 aliphatic rings. The minimum Gasteiger partial charge on any atom is -0.380 e. The molecule has 14 heavy (non-hydrogen) atoms. The largest absolute Gasteiger partial charge is 0.380 e. The summed E-state index contributed by atoms with van der Waals surface area (Å²) in [4.78, 5) is 1.44. The van der Waals surface area contributed by atoms with Gasteiger partial charge in [-0.1, -0.05) is 6.07 Å². The minimum atomic E-state index is 0.292. The standard InChI is InChI=1S/C11H19NOS/c1-9(12-8-10(2)13-3)7-11-5-4-6-14-11/h4-6,9-10,12H,7-8H2,1-3H3. The van der Waals surface area contributed by atoms with Crippen molar-refractivity contribution in [2.45, 2.75) is 32.4 Å². The molecule has 0 radical (unpaired) electrons. The van der Waals surface area contributed by atoms with Gasteiger partial charge in [0.2, 0.25) is 0 Å². The first-order chi connectivity index (χ1) is 6.72. The Morgan fingerprint density at radius 1 is 1.50 bits per heavy atom. The number of thiophene rings is 1. The molecule has 2 unspecified atom stereocenters. The van der Waals surface area contributed by atoms with E-state index in [2.05, 4.69) is 36.7 Å². The van der Waals surface area contributed by atoms with Crippen LogP contribution in [0.4, 0.5) is 0 Å². The Balaban J connectivity index is 2.19. The highest BCUT2D eigenvalue weighted by Gasteiger charge is 2.05. The molecular formula is C11H19NOS. The molecule has 1 N–H and O–H groups in total.